The Hall–Kier alpha value is -0.890. The normalized spacial score (nSPS) is 17.9. The van der Waals surface area contributed by atoms with Crippen LogP contribution in [0, 0.1) is 12.1 Å². The van der Waals surface area contributed by atoms with E-state index < -0.39 is 10.0 Å². The number of nitrogens with zero attached hydrogens (tertiary/aromatic N) is 2. The molecular formula is C10H13ClN2O4S. The summed E-state index contributed by atoms with van der Waals surface area (Å²) in [4.78, 5) is 0.0708. The van der Waals surface area contributed by atoms with Crippen LogP contribution in [-0.4, -0.2) is 39.0 Å². The van der Waals surface area contributed by atoms with Crippen molar-refractivity contribution in [1.82, 2.24) is 4.31 Å². The highest BCUT2D eigenvalue weighted by Crippen LogP contribution is 2.21. The van der Waals surface area contributed by atoms with Gasteiger partial charge >= 0.3 is 0 Å². The van der Waals surface area contributed by atoms with Gasteiger partial charge in [-0.15, -0.1) is 0 Å². The fourth-order valence-electron chi connectivity index (χ4n) is 1.79. The van der Waals surface area contributed by atoms with Crippen LogP contribution in [0.5, 0.6) is 0 Å². The van der Waals surface area contributed by atoms with Crippen molar-refractivity contribution in [3.05, 3.63) is 28.2 Å². The van der Waals surface area contributed by atoms with Crippen LogP contribution < -0.4 is 4.73 Å². The van der Waals surface area contributed by atoms with Crippen LogP contribution >= 0.6 is 11.6 Å². The van der Waals surface area contributed by atoms with Crippen molar-refractivity contribution >= 4 is 21.6 Å². The van der Waals surface area contributed by atoms with E-state index in [2.05, 4.69) is 0 Å². The predicted octanol–water partition coefficient (Wildman–Crippen LogP) is 0.303. The second-order valence-corrected chi connectivity index (χ2v) is 6.28. The molecule has 100 valence electrons. The summed E-state index contributed by atoms with van der Waals surface area (Å²) in [7, 11) is -3.62. The van der Waals surface area contributed by atoms with E-state index >= 15 is 0 Å². The molecular weight excluding hydrogens is 280 g/mol. The molecule has 1 saturated heterocycles. The van der Waals surface area contributed by atoms with Crippen molar-refractivity contribution in [3.8, 4) is 0 Å². The highest BCUT2D eigenvalue weighted by Gasteiger charge is 2.29. The lowest BCUT2D eigenvalue weighted by Crippen LogP contribution is -2.41. The maximum absolute atomic E-state index is 12.4. The molecule has 1 aromatic heterocycles. The van der Waals surface area contributed by atoms with Gasteiger partial charge in [0.2, 0.25) is 10.0 Å². The molecule has 0 aliphatic carbocycles. The van der Waals surface area contributed by atoms with Crippen molar-refractivity contribution in [1.29, 1.82) is 0 Å². The van der Waals surface area contributed by atoms with Crippen LogP contribution in [0.3, 0.4) is 0 Å². The second-order valence-electron chi connectivity index (χ2n) is 3.99. The molecule has 0 saturated carbocycles. The minimum atomic E-state index is -3.62. The molecule has 0 atom stereocenters. The van der Waals surface area contributed by atoms with Gasteiger partial charge in [-0.3, -0.25) is 0 Å². The maximum atomic E-state index is 12.4. The van der Waals surface area contributed by atoms with E-state index in [1.807, 2.05) is 0 Å². The van der Waals surface area contributed by atoms with Gasteiger partial charge in [0, 0.05) is 24.7 Å². The molecule has 18 heavy (non-hydrogen) atoms. The molecule has 0 aromatic carbocycles. The van der Waals surface area contributed by atoms with E-state index in [1.165, 1.54) is 10.4 Å². The quantitative estimate of drug-likeness (QED) is 0.446. The standard InChI is InChI=1S/C10H13ClN2O4S/c1-8-7-13(14)10(11)6-9(8)18(15,16)12-2-4-17-5-3-12/h6-7H,2-5H2,1H3. The smallest absolute Gasteiger partial charge is 0.287 e. The maximum Gasteiger partial charge on any atom is 0.287 e. The highest BCUT2D eigenvalue weighted by molar-refractivity contribution is 7.89. The fourth-order valence-corrected chi connectivity index (χ4v) is 3.64. The van der Waals surface area contributed by atoms with Crippen LogP contribution in [0.1, 0.15) is 5.56 Å². The predicted molar refractivity (Wildman–Crippen MR) is 64.7 cm³/mol. The minimum absolute atomic E-state index is 0.0708. The summed E-state index contributed by atoms with van der Waals surface area (Å²) in [5.74, 6) is 0. The topological polar surface area (TPSA) is 73.5 Å². The number of morpholine rings is 1. The molecule has 0 unspecified atom stereocenters. The molecule has 6 nitrogen and oxygen atoms in total. The van der Waals surface area contributed by atoms with E-state index in [9.17, 15) is 13.6 Å². The third-order valence-corrected chi connectivity index (χ3v) is 5.06. The Morgan fingerprint density at radius 2 is 2.06 bits per heavy atom. The number of sulfonamides is 1. The SMILES string of the molecule is Cc1c[n+]([O-])c(Cl)cc1S(=O)(=O)N1CCOCC1. The first-order valence-electron chi connectivity index (χ1n) is 5.40. The first kappa shape index (κ1) is 13.5. The first-order valence-corrected chi connectivity index (χ1v) is 7.22. The molecule has 8 heteroatoms. The van der Waals surface area contributed by atoms with E-state index in [1.54, 1.807) is 6.92 Å². The molecule has 1 aromatic rings. The summed E-state index contributed by atoms with van der Waals surface area (Å²) in [5, 5.41) is 11.1. The van der Waals surface area contributed by atoms with Crippen LogP contribution in [-0.2, 0) is 14.8 Å². The Bertz CT molecular complexity index is 555. The van der Waals surface area contributed by atoms with Crippen LogP contribution in [0.15, 0.2) is 17.2 Å². The van der Waals surface area contributed by atoms with Crippen molar-refractivity contribution in [2.24, 2.45) is 0 Å². The van der Waals surface area contributed by atoms with Gasteiger partial charge in [0.1, 0.15) is 0 Å². The summed E-state index contributed by atoms with van der Waals surface area (Å²) < 4.78 is 31.6. The van der Waals surface area contributed by atoms with Gasteiger partial charge in [-0.05, 0) is 18.5 Å². The lowest BCUT2D eigenvalue weighted by molar-refractivity contribution is -0.603. The number of ether oxygens (including phenoxy) is 1. The monoisotopic (exact) mass is 292 g/mol. The molecule has 1 aliphatic heterocycles. The first-order chi connectivity index (χ1) is 8.43. The summed E-state index contributed by atoms with van der Waals surface area (Å²) in [6.07, 6.45) is 1.16. The Morgan fingerprint density at radius 1 is 1.44 bits per heavy atom. The Balaban J connectivity index is 2.43. The van der Waals surface area contributed by atoms with Crippen LogP contribution in [0.4, 0.5) is 0 Å². The van der Waals surface area contributed by atoms with Gasteiger partial charge in [-0.1, -0.05) is 0 Å². The Labute approximate surface area is 110 Å². The molecule has 0 N–H and O–H groups in total. The number of pyridine rings is 1. The number of rotatable bonds is 2. The Morgan fingerprint density at radius 3 is 2.67 bits per heavy atom. The van der Waals surface area contributed by atoms with Crippen molar-refractivity contribution in [2.45, 2.75) is 11.8 Å². The number of halogens is 1. The third kappa shape index (κ3) is 2.44. The average molecular weight is 293 g/mol. The van der Waals surface area contributed by atoms with Gasteiger partial charge < -0.3 is 9.94 Å². The molecule has 2 rings (SSSR count). The average Bonchev–Trinajstić information content (AvgIpc) is 2.34. The summed E-state index contributed by atoms with van der Waals surface area (Å²) in [6.45, 7) is 2.94. The molecule has 0 radical (unpaired) electrons. The number of hydrogen-bond acceptors (Lipinski definition) is 4. The molecule has 2 heterocycles. The molecule has 0 spiro atoms. The van der Waals surface area contributed by atoms with Gasteiger partial charge in [0.05, 0.1) is 18.1 Å². The summed E-state index contributed by atoms with van der Waals surface area (Å²) in [5.41, 5.74) is 0.376. The van der Waals surface area contributed by atoms with E-state index in [0.717, 1.165) is 6.20 Å². The van der Waals surface area contributed by atoms with Gasteiger partial charge in [0.25, 0.3) is 5.15 Å². The van der Waals surface area contributed by atoms with E-state index in [0.29, 0.717) is 36.6 Å². The molecule has 1 aliphatic rings. The number of aryl methyl sites for hydroxylation is 1. The fraction of sp³-hybridized carbons (Fsp3) is 0.500. The van der Waals surface area contributed by atoms with Crippen molar-refractivity contribution in [3.63, 3.8) is 0 Å². The second kappa shape index (κ2) is 5.00. The van der Waals surface area contributed by atoms with Gasteiger partial charge in [-0.2, -0.15) is 9.04 Å². The Kier molecular flexibility index (Phi) is 3.76. The van der Waals surface area contributed by atoms with E-state index in [4.69, 9.17) is 16.3 Å². The van der Waals surface area contributed by atoms with Crippen molar-refractivity contribution in [2.75, 3.05) is 26.3 Å². The van der Waals surface area contributed by atoms with Gasteiger partial charge in [-0.25, -0.2) is 8.42 Å². The van der Waals surface area contributed by atoms with Crippen LogP contribution in [0.2, 0.25) is 5.15 Å². The zero-order chi connectivity index (χ0) is 13.3. The lowest BCUT2D eigenvalue weighted by Gasteiger charge is -2.26. The largest absolute Gasteiger partial charge is 0.618 e. The minimum Gasteiger partial charge on any atom is -0.618 e. The van der Waals surface area contributed by atoms with Crippen molar-refractivity contribution < 1.29 is 17.9 Å². The molecule has 0 amide bonds. The van der Waals surface area contributed by atoms with Crippen LogP contribution in [0.25, 0.3) is 0 Å². The zero-order valence-electron chi connectivity index (χ0n) is 9.80. The van der Waals surface area contributed by atoms with Gasteiger partial charge in [0.15, 0.2) is 6.20 Å². The summed E-state index contributed by atoms with van der Waals surface area (Å²) in [6, 6.07) is 1.19. The molecule has 1 fully saturated rings. The number of aromatic nitrogens is 1. The zero-order valence-corrected chi connectivity index (χ0v) is 11.4. The van der Waals surface area contributed by atoms with E-state index in [-0.39, 0.29) is 10.0 Å². The number of hydrogen-bond donors (Lipinski definition) is 0. The highest BCUT2D eigenvalue weighted by atomic mass is 35.5. The molecule has 0 bridgehead atoms. The summed E-state index contributed by atoms with van der Waals surface area (Å²) >= 11 is 5.67. The lowest BCUT2D eigenvalue weighted by atomic mass is 10.3. The third-order valence-electron chi connectivity index (χ3n) is 2.75.